The molecule has 6 rings (SSSR count). The minimum atomic E-state index is 0.278. The van der Waals surface area contributed by atoms with E-state index in [0.717, 1.165) is 47.5 Å². The maximum absolute atomic E-state index is 5.48. The van der Waals surface area contributed by atoms with Gasteiger partial charge in [0.05, 0.1) is 24.9 Å². The summed E-state index contributed by atoms with van der Waals surface area (Å²) in [7, 11) is 0. The second kappa shape index (κ2) is 8.87. The Kier molecular flexibility index (Phi) is 5.45. The van der Waals surface area contributed by atoms with E-state index in [1.54, 1.807) is 0 Å². The van der Waals surface area contributed by atoms with Crippen LogP contribution in [0.25, 0.3) is 21.9 Å². The minimum Gasteiger partial charge on any atom is -0.378 e. The van der Waals surface area contributed by atoms with Gasteiger partial charge in [0.1, 0.15) is 11.5 Å². The molecule has 0 bridgehead atoms. The van der Waals surface area contributed by atoms with Crippen LogP contribution in [0.5, 0.6) is 0 Å². The van der Waals surface area contributed by atoms with Crippen molar-refractivity contribution in [1.82, 2.24) is 35.0 Å². The average molecular weight is 446 g/mol. The molecule has 1 saturated heterocycles. The highest BCUT2D eigenvalue weighted by Gasteiger charge is 2.23. The molecule has 4 aromatic heterocycles. The summed E-state index contributed by atoms with van der Waals surface area (Å²) < 4.78 is 7.83. The van der Waals surface area contributed by atoms with Crippen molar-refractivity contribution in [1.29, 1.82) is 0 Å². The molecule has 2 fully saturated rings. The minimum absolute atomic E-state index is 0.278. The molecule has 10 nitrogen and oxygen atoms in total. The fraction of sp³-hybridized carbons (Fsp3) is 0.435. The lowest BCUT2D eigenvalue weighted by molar-refractivity contribution is 0.0806. The quantitative estimate of drug-likeness (QED) is 0.412. The van der Waals surface area contributed by atoms with Crippen LogP contribution in [0.4, 0.5) is 17.6 Å². The van der Waals surface area contributed by atoms with Crippen molar-refractivity contribution >= 4 is 39.5 Å². The number of pyridine rings is 1. The fourth-order valence-corrected chi connectivity index (χ4v) is 4.85. The van der Waals surface area contributed by atoms with Crippen molar-refractivity contribution in [3.8, 4) is 0 Å². The molecule has 170 valence electrons. The van der Waals surface area contributed by atoms with Crippen molar-refractivity contribution in [2.45, 2.75) is 37.8 Å². The molecule has 2 aliphatic rings. The Labute approximate surface area is 191 Å². The maximum Gasteiger partial charge on any atom is 0.230 e. The highest BCUT2D eigenvalue weighted by Crippen LogP contribution is 2.37. The van der Waals surface area contributed by atoms with Gasteiger partial charge in [0, 0.05) is 48.3 Å². The van der Waals surface area contributed by atoms with E-state index in [1.807, 2.05) is 36.8 Å². The van der Waals surface area contributed by atoms with Crippen molar-refractivity contribution in [3.05, 3.63) is 36.8 Å². The molecule has 0 amide bonds. The Morgan fingerprint density at radius 2 is 1.94 bits per heavy atom. The van der Waals surface area contributed by atoms with Crippen LogP contribution in [-0.2, 0) is 4.74 Å². The van der Waals surface area contributed by atoms with E-state index in [4.69, 9.17) is 9.72 Å². The van der Waals surface area contributed by atoms with Crippen LogP contribution in [-0.4, -0.2) is 62.1 Å². The van der Waals surface area contributed by atoms with E-state index in [2.05, 4.69) is 40.7 Å². The number of rotatable bonds is 6. The second-order valence-corrected chi connectivity index (χ2v) is 8.67. The third-order valence-corrected chi connectivity index (χ3v) is 6.47. The predicted molar refractivity (Wildman–Crippen MR) is 127 cm³/mol. The monoisotopic (exact) mass is 445 g/mol. The lowest BCUT2D eigenvalue weighted by Crippen LogP contribution is -2.45. The van der Waals surface area contributed by atoms with Gasteiger partial charge in [-0.3, -0.25) is 4.98 Å². The first-order valence-corrected chi connectivity index (χ1v) is 11.6. The Morgan fingerprint density at radius 1 is 1.06 bits per heavy atom. The van der Waals surface area contributed by atoms with Gasteiger partial charge >= 0.3 is 0 Å². The van der Waals surface area contributed by atoms with E-state index in [9.17, 15) is 0 Å². The molecule has 1 unspecified atom stereocenters. The van der Waals surface area contributed by atoms with Gasteiger partial charge in [-0.25, -0.2) is 4.98 Å². The molecule has 1 atom stereocenters. The Morgan fingerprint density at radius 3 is 2.76 bits per heavy atom. The number of hydrogen-bond donors (Lipinski definition) is 3. The molecule has 5 heterocycles. The summed E-state index contributed by atoms with van der Waals surface area (Å²) in [6, 6.07) is 6.56. The van der Waals surface area contributed by atoms with Crippen molar-refractivity contribution in [2.75, 3.05) is 36.9 Å². The number of nitrogens with one attached hydrogen (secondary N) is 3. The van der Waals surface area contributed by atoms with Gasteiger partial charge in [-0.05, 0) is 31.0 Å². The van der Waals surface area contributed by atoms with Gasteiger partial charge in [0.25, 0.3) is 0 Å². The second-order valence-electron chi connectivity index (χ2n) is 8.67. The number of morpholine rings is 1. The highest BCUT2D eigenvalue weighted by molar-refractivity contribution is 6.06. The molecule has 0 aromatic carbocycles. The van der Waals surface area contributed by atoms with Gasteiger partial charge in [-0.15, -0.1) is 10.2 Å². The first kappa shape index (κ1) is 20.3. The smallest absolute Gasteiger partial charge is 0.230 e. The number of aromatic nitrogens is 6. The topological polar surface area (TPSA) is 115 Å². The summed E-state index contributed by atoms with van der Waals surface area (Å²) in [6.45, 7) is 3.08. The van der Waals surface area contributed by atoms with Crippen LogP contribution in [0, 0.1) is 0 Å². The van der Waals surface area contributed by atoms with E-state index >= 15 is 0 Å². The van der Waals surface area contributed by atoms with Gasteiger partial charge in [-0.2, -0.15) is 4.98 Å². The van der Waals surface area contributed by atoms with Crippen molar-refractivity contribution in [2.24, 2.45) is 0 Å². The number of anilines is 3. The number of ether oxygens (including phenoxy) is 1. The summed E-state index contributed by atoms with van der Waals surface area (Å²) in [4.78, 5) is 13.8. The van der Waals surface area contributed by atoms with E-state index in [1.165, 1.54) is 25.7 Å². The predicted octanol–water partition coefficient (Wildman–Crippen LogP) is 3.03. The highest BCUT2D eigenvalue weighted by atomic mass is 16.5. The molecule has 1 aliphatic carbocycles. The van der Waals surface area contributed by atoms with Crippen LogP contribution in [0.2, 0.25) is 0 Å². The third-order valence-electron chi connectivity index (χ3n) is 6.47. The van der Waals surface area contributed by atoms with Crippen LogP contribution in [0.15, 0.2) is 36.8 Å². The lowest BCUT2D eigenvalue weighted by Gasteiger charge is -2.24. The fourth-order valence-electron chi connectivity index (χ4n) is 4.85. The first-order valence-electron chi connectivity index (χ1n) is 11.6. The zero-order valence-electron chi connectivity index (χ0n) is 18.4. The zero-order chi connectivity index (χ0) is 22.0. The first-order chi connectivity index (χ1) is 16.3. The van der Waals surface area contributed by atoms with Gasteiger partial charge in [0.15, 0.2) is 5.82 Å². The maximum atomic E-state index is 5.48. The molecule has 1 saturated carbocycles. The summed E-state index contributed by atoms with van der Waals surface area (Å²) in [6.07, 6.45) is 10.5. The number of nitrogens with zero attached hydrogens (tertiary/aromatic N) is 6. The molecule has 33 heavy (non-hydrogen) atoms. The van der Waals surface area contributed by atoms with Crippen LogP contribution in [0.1, 0.15) is 31.7 Å². The summed E-state index contributed by atoms with van der Waals surface area (Å²) in [5, 5.41) is 20.7. The molecule has 4 aromatic rings. The molecular weight excluding hydrogens is 418 g/mol. The number of fused-ring (bicyclic) bond motifs is 3. The van der Waals surface area contributed by atoms with Crippen LogP contribution < -0.4 is 16.0 Å². The van der Waals surface area contributed by atoms with Gasteiger partial charge < -0.3 is 25.3 Å². The largest absolute Gasteiger partial charge is 0.378 e. The van der Waals surface area contributed by atoms with Crippen LogP contribution >= 0.6 is 0 Å². The van der Waals surface area contributed by atoms with E-state index in [-0.39, 0.29) is 6.04 Å². The Hall–Kier alpha value is -3.37. The summed E-state index contributed by atoms with van der Waals surface area (Å²) in [5.74, 6) is 1.83. The van der Waals surface area contributed by atoms with Crippen molar-refractivity contribution < 1.29 is 4.74 Å². The molecule has 0 spiro atoms. The zero-order valence-corrected chi connectivity index (χ0v) is 18.4. The van der Waals surface area contributed by atoms with E-state index < -0.39 is 0 Å². The van der Waals surface area contributed by atoms with Gasteiger partial charge in [0.2, 0.25) is 5.95 Å². The average Bonchev–Trinajstić information content (AvgIpc) is 3.50. The number of hydrogen-bond acceptors (Lipinski definition) is 9. The molecular formula is C23H27N9O. The summed E-state index contributed by atoms with van der Waals surface area (Å²) in [5.41, 5.74) is 2.06. The SMILES string of the molecule is c1cc2c3cnc(Nc4ccc(NCC5COCCN5)nn4)nc3n(C3CCCC3)c2cn1. The van der Waals surface area contributed by atoms with Crippen molar-refractivity contribution in [3.63, 3.8) is 0 Å². The Balaban J connectivity index is 1.23. The van der Waals surface area contributed by atoms with Crippen LogP contribution in [0.3, 0.4) is 0 Å². The standard InChI is InChI=1S/C23H27N9O/c1-2-4-16(3-1)32-19-13-24-8-7-17(19)18-12-27-23(29-22(18)32)28-21-6-5-20(30-31-21)26-11-15-14-33-10-9-25-15/h5-8,12-13,15-16,25H,1-4,9-11,14H2,(H,26,30)(H,27,28,29,31). The molecule has 1 aliphatic heterocycles. The molecule has 10 heteroatoms. The normalized spacial score (nSPS) is 19.3. The molecule has 0 radical (unpaired) electrons. The van der Waals surface area contributed by atoms with Gasteiger partial charge in [-0.1, -0.05) is 12.8 Å². The lowest BCUT2D eigenvalue weighted by atomic mass is 10.2. The summed E-state index contributed by atoms with van der Waals surface area (Å²) >= 11 is 0. The third kappa shape index (κ3) is 4.07. The Bertz CT molecular complexity index is 1240. The molecule has 3 N–H and O–H groups in total. The van der Waals surface area contributed by atoms with E-state index in [0.29, 0.717) is 24.4 Å².